The van der Waals surface area contributed by atoms with E-state index in [1.54, 1.807) is 0 Å². The molecule has 0 amide bonds. The van der Waals surface area contributed by atoms with Crippen LogP contribution in [0.4, 0.5) is 0 Å². The summed E-state index contributed by atoms with van der Waals surface area (Å²) in [6.07, 6.45) is 6.77. The number of methoxy groups -OCH3 is 1. The molecule has 2 atom stereocenters. The minimum atomic E-state index is 0.359. The largest absolute Gasteiger partial charge is 0.381 e. The molecule has 0 unspecified atom stereocenters. The van der Waals surface area contributed by atoms with Gasteiger partial charge in [0, 0.05) is 35.7 Å². The van der Waals surface area contributed by atoms with E-state index in [2.05, 4.69) is 4.90 Å². The van der Waals surface area contributed by atoms with E-state index < -0.39 is 0 Å². The molecule has 1 saturated carbocycles. The topological polar surface area (TPSA) is 12.5 Å². The van der Waals surface area contributed by atoms with E-state index in [4.69, 9.17) is 27.9 Å². The zero-order chi connectivity index (χ0) is 14.9. The Morgan fingerprint density at radius 1 is 1.29 bits per heavy atom. The lowest BCUT2D eigenvalue weighted by molar-refractivity contribution is -0.0366. The Bertz CT molecular complexity index is 508. The van der Waals surface area contributed by atoms with Gasteiger partial charge in [-0.3, -0.25) is 4.90 Å². The van der Waals surface area contributed by atoms with Gasteiger partial charge in [-0.25, -0.2) is 0 Å². The molecule has 1 aromatic rings. The summed E-state index contributed by atoms with van der Waals surface area (Å²) in [6.45, 7) is 3.15. The van der Waals surface area contributed by atoms with Crippen LogP contribution in [0.5, 0.6) is 0 Å². The Balaban J connectivity index is 1.73. The first-order valence-corrected chi connectivity index (χ1v) is 8.58. The van der Waals surface area contributed by atoms with Crippen molar-refractivity contribution in [2.45, 2.75) is 44.8 Å². The lowest BCUT2D eigenvalue weighted by Gasteiger charge is -2.43. The van der Waals surface area contributed by atoms with Crippen LogP contribution in [0.3, 0.4) is 0 Å². The number of halogens is 2. The van der Waals surface area contributed by atoms with Crippen LogP contribution < -0.4 is 0 Å². The van der Waals surface area contributed by atoms with Crippen LogP contribution in [0.1, 0.15) is 37.7 Å². The molecule has 1 aromatic carbocycles. The Morgan fingerprint density at radius 3 is 2.90 bits per heavy atom. The number of ether oxygens (including phenoxy) is 1. The molecular weight excluding hydrogens is 305 g/mol. The van der Waals surface area contributed by atoms with E-state index in [0.29, 0.717) is 11.5 Å². The maximum absolute atomic E-state index is 6.31. The van der Waals surface area contributed by atoms with E-state index in [0.717, 1.165) is 35.2 Å². The molecule has 0 bridgehead atoms. The maximum Gasteiger partial charge on any atom is 0.0639 e. The Kier molecular flexibility index (Phi) is 4.80. The van der Waals surface area contributed by atoms with E-state index >= 15 is 0 Å². The number of likely N-dealkylation sites (tertiary alicyclic amines) is 1. The van der Waals surface area contributed by atoms with Gasteiger partial charge in [-0.15, -0.1) is 0 Å². The summed E-state index contributed by atoms with van der Waals surface area (Å²) in [5.41, 5.74) is 1.49. The van der Waals surface area contributed by atoms with Crippen LogP contribution >= 0.6 is 23.2 Å². The fourth-order valence-electron chi connectivity index (χ4n) is 4.24. The van der Waals surface area contributed by atoms with Crippen molar-refractivity contribution in [2.24, 2.45) is 5.41 Å². The molecule has 1 spiro atoms. The fourth-order valence-corrected chi connectivity index (χ4v) is 4.61. The molecule has 1 saturated heterocycles. The van der Waals surface area contributed by atoms with Gasteiger partial charge in [-0.2, -0.15) is 0 Å². The second-order valence-electron chi connectivity index (χ2n) is 6.53. The van der Waals surface area contributed by atoms with Gasteiger partial charge >= 0.3 is 0 Å². The van der Waals surface area contributed by atoms with Gasteiger partial charge in [-0.1, -0.05) is 29.6 Å². The Morgan fingerprint density at radius 2 is 2.10 bits per heavy atom. The summed E-state index contributed by atoms with van der Waals surface area (Å²) in [6, 6.07) is 5.74. The predicted molar refractivity (Wildman–Crippen MR) is 88.1 cm³/mol. The molecule has 4 heteroatoms. The van der Waals surface area contributed by atoms with E-state index in [1.165, 1.54) is 32.1 Å². The lowest BCUT2D eigenvalue weighted by Crippen LogP contribution is -2.47. The monoisotopic (exact) mass is 327 g/mol. The summed E-state index contributed by atoms with van der Waals surface area (Å²) in [7, 11) is 1.87. The standard InChI is InChI=1S/C17H23Cl2NO/c1-21-16-4-2-7-17(16)8-3-9-20(12-17)11-13-10-14(18)5-6-15(13)19/h5-6,10,16H,2-4,7-9,11-12H2,1H3/t16-,17-/m1/s1. The van der Waals surface area contributed by atoms with Crippen molar-refractivity contribution in [3.63, 3.8) is 0 Å². The van der Waals surface area contributed by atoms with Crippen molar-refractivity contribution in [1.82, 2.24) is 4.90 Å². The molecule has 3 rings (SSSR count). The van der Waals surface area contributed by atoms with Gasteiger partial charge in [0.15, 0.2) is 0 Å². The first-order valence-electron chi connectivity index (χ1n) is 7.82. The normalized spacial score (nSPS) is 30.1. The molecule has 0 N–H and O–H groups in total. The van der Waals surface area contributed by atoms with Crippen molar-refractivity contribution in [3.8, 4) is 0 Å². The highest BCUT2D eigenvalue weighted by Gasteiger charge is 2.45. The van der Waals surface area contributed by atoms with Crippen molar-refractivity contribution in [3.05, 3.63) is 33.8 Å². The van der Waals surface area contributed by atoms with Crippen LogP contribution in [0.25, 0.3) is 0 Å². The third kappa shape index (κ3) is 3.24. The van der Waals surface area contributed by atoms with Gasteiger partial charge in [0.05, 0.1) is 6.10 Å². The van der Waals surface area contributed by atoms with Gasteiger partial charge in [-0.05, 0) is 56.0 Å². The minimum Gasteiger partial charge on any atom is -0.381 e. The highest BCUT2D eigenvalue weighted by molar-refractivity contribution is 6.33. The summed E-state index contributed by atoms with van der Waals surface area (Å²) in [5, 5.41) is 1.57. The van der Waals surface area contributed by atoms with Crippen LogP contribution in [0.2, 0.25) is 10.0 Å². The van der Waals surface area contributed by atoms with Crippen LogP contribution in [0.15, 0.2) is 18.2 Å². The van der Waals surface area contributed by atoms with Crippen molar-refractivity contribution in [1.29, 1.82) is 0 Å². The van der Waals surface area contributed by atoms with E-state index in [1.807, 2.05) is 25.3 Å². The van der Waals surface area contributed by atoms with Crippen molar-refractivity contribution >= 4 is 23.2 Å². The Hall–Kier alpha value is -0.280. The zero-order valence-corrected chi connectivity index (χ0v) is 14.1. The molecule has 1 heterocycles. The predicted octanol–water partition coefficient (Wildman–Crippen LogP) is 4.77. The van der Waals surface area contributed by atoms with E-state index in [9.17, 15) is 0 Å². The number of rotatable bonds is 3. The molecule has 1 aliphatic heterocycles. The average Bonchev–Trinajstić information content (AvgIpc) is 2.85. The average molecular weight is 328 g/mol. The second-order valence-corrected chi connectivity index (χ2v) is 7.37. The summed E-state index contributed by atoms with van der Waals surface area (Å²) < 4.78 is 5.77. The third-order valence-corrected chi connectivity index (χ3v) is 5.80. The van der Waals surface area contributed by atoms with Gasteiger partial charge in [0.2, 0.25) is 0 Å². The number of hydrogen-bond acceptors (Lipinski definition) is 2. The second kappa shape index (κ2) is 6.45. The molecular formula is C17H23Cl2NO. The van der Waals surface area contributed by atoms with E-state index in [-0.39, 0.29) is 0 Å². The number of piperidine rings is 1. The lowest BCUT2D eigenvalue weighted by atomic mass is 9.76. The fraction of sp³-hybridized carbons (Fsp3) is 0.647. The zero-order valence-electron chi connectivity index (χ0n) is 12.6. The number of hydrogen-bond donors (Lipinski definition) is 0. The van der Waals surface area contributed by atoms with Gasteiger partial charge < -0.3 is 4.74 Å². The van der Waals surface area contributed by atoms with Crippen molar-refractivity contribution < 1.29 is 4.74 Å². The SMILES string of the molecule is CO[C@@H]1CCC[C@]12CCCN(Cc1cc(Cl)ccc1Cl)C2. The molecule has 21 heavy (non-hydrogen) atoms. The first kappa shape index (κ1) is 15.6. The minimum absolute atomic E-state index is 0.359. The highest BCUT2D eigenvalue weighted by Crippen LogP contribution is 2.46. The maximum atomic E-state index is 6.31. The smallest absolute Gasteiger partial charge is 0.0639 e. The van der Waals surface area contributed by atoms with Crippen molar-refractivity contribution in [2.75, 3.05) is 20.2 Å². The van der Waals surface area contributed by atoms with Crippen LogP contribution in [-0.2, 0) is 11.3 Å². The molecule has 116 valence electrons. The van der Waals surface area contributed by atoms with Gasteiger partial charge in [0.1, 0.15) is 0 Å². The van der Waals surface area contributed by atoms with Crippen LogP contribution in [-0.4, -0.2) is 31.2 Å². The highest BCUT2D eigenvalue weighted by atomic mass is 35.5. The number of nitrogens with zero attached hydrogens (tertiary/aromatic N) is 1. The molecule has 0 radical (unpaired) electrons. The number of benzene rings is 1. The quantitative estimate of drug-likeness (QED) is 0.792. The molecule has 2 nitrogen and oxygen atoms in total. The molecule has 1 aliphatic carbocycles. The first-order chi connectivity index (χ1) is 10.1. The summed E-state index contributed by atoms with van der Waals surface area (Å²) in [4.78, 5) is 2.53. The molecule has 0 aromatic heterocycles. The summed E-state index contributed by atoms with van der Waals surface area (Å²) in [5.74, 6) is 0. The van der Waals surface area contributed by atoms with Gasteiger partial charge in [0.25, 0.3) is 0 Å². The van der Waals surface area contributed by atoms with Crippen LogP contribution in [0, 0.1) is 5.41 Å². The Labute approximate surface area is 137 Å². The molecule has 2 fully saturated rings. The third-order valence-electron chi connectivity index (χ3n) is 5.20. The molecule has 2 aliphatic rings. The summed E-state index contributed by atoms with van der Waals surface area (Å²) >= 11 is 12.4.